The third kappa shape index (κ3) is 4.62. The molecule has 0 saturated heterocycles. The van der Waals surface area contributed by atoms with E-state index in [2.05, 4.69) is 181 Å². The fourth-order valence-corrected chi connectivity index (χ4v) is 8.45. The van der Waals surface area contributed by atoms with E-state index in [9.17, 15) is 0 Å². The Morgan fingerprint density at radius 3 is 1.90 bits per heavy atom. The highest BCUT2D eigenvalue weighted by molar-refractivity contribution is 7.25. The smallest absolute Gasteiger partial charge is 0.135 e. The molecule has 0 bridgehead atoms. The van der Waals surface area contributed by atoms with Crippen LogP contribution in [0.15, 0.2) is 176 Å². The summed E-state index contributed by atoms with van der Waals surface area (Å²) < 4.78 is 9.25. The van der Waals surface area contributed by atoms with Crippen molar-refractivity contribution < 1.29 is 4.74 Å². The second kappa shape index (κ2) is 11.2. The first-order valence-electron chi connectivity index (χ1n) is 16.6. The fraction of sp³-hybridized carbons (Fsp3) is 0. The maximum atomic E-state index is 6.63. The summed E-state index contributed by atoms with van der Waals surface area (Å²) >= 11 is 1.85. The van der Waals surface area contributed by atoms with Crippen molar-refractivity contribution in [3.63, 3.8) is 0 Å². The van der Waals surface area contributed by atoms with E-state index in [0.717, 1.165) is 45.3 Å². The lowest BCUT2D eigenvalue weighted by Crippen LogP contribution is -2.09. The summed E-state index contributed by atoms with van der Waals surface area (Å²) in [5.74, 6) is 1.79. The predicted octanol–water partition coefficient (Wildman–Crippen LogP) is 13.8. The fourth-order valence-electron chi connectivity index (χ4n) is 7.36. The van der Waals surface area contributed by atoms with Crippen LogP contribution in [0.1, 0.15) is 0 Å². The zero-order chi connectivity index (χ0) is 32.3. The minimum absolute atomic E-state index is 0.885. The van der Waals surface area contributed by atoms with Gasteiger partial charge in [0.15, 0.2) is 0 Å². The molecule has 0 N–H and O–H groups in total. The Balaban J connectivity index is 1.02. The third-order valence-electron chi connectivity index (χ3n) is 9.67. The molecular weight excluding hydrogens is 615 g/mol. The van der Waals surface area contributed by atoms with Gasteiger partial charge in [-0.05, 0) is 99.9 Å². The number of fused-ring (bicyclic) bond motifs is 5. The zero-order valence-electron chi connectivity index (χ0n) is 26.5. The molecule has 3 heteroatoms. The molecule has 1 aliphatic heterocycles. The van der Waals surface area contributed by atoms with Crippen molar-refractivity contribution in [2.45, 2.75) is 0 Å². The lowest BCUT2D eigenvalue weighted by Gasteiger charge is -2.26. The minimum Gasteiger partial charge on any atom is -0.456 e. The largest absolute Gasteiger partial charge is 0.456 e. The van der Waals surface area contributed by atoms with Crippen LogP contribution in [0.5, 0.6) is 11.5 Å². The van der Waals surface area contributed by atoms with Crippen molar-refractivity contribution in [3.8, 4) is 44.9 Å². The van der Waals surface area contributed by atoms with Gasteiger partial charge in [-0.15, -0.1) is 11.3 Å². The van der Waals surface area contributed by atoms with Gasteiger partial charge in [-0.1, -0.05) is 109 Å². The molecular formula is C46H29NOS. The molecule has 8 aromatic carbocycles. The average Bonchev–Trinajstić information content (AvgIpc) is 3.54. The molecule has 0 saturated carbocycles. The summed E-state index contributed by atoms with van der Waals surface area (Å²) in [5.41, 5.74) is 10.4. The molecule has 0 radical (unpaired) electrons. The van der Waals surface area contributed by atoms with Crippen LogP contribution in [-0.4, -0.2) is 0 Å². The predicted molar refractivity (Wildman–Crippen MR) is 208 cm³/mol. The molecule has 49 heavy (non-hydrogen) atoms. The van der Waals surface area contributed by atoms with Crippen molar-refractivity contribution >= 4 is 59.3 Å². The van der Waals surface area contributed by atoms with Crippen LogP contribution in [0.4, 0.5) is 17.1 Å². The number of anilines is 3. The number of thiophene rings is 1. The van der Waals surface area contributed by atoms with Crippen molar-refractivity contribution in [2.75, 3.05) is 4.90 Å². The molecule has 0 amide bonds. The molecule has 0 fully saturated rings. The molecule has 1 aromatic heterocycles. The summed E-state index contributed by atoms with van der Waals surface area (Å²) in [6, 6.07) is 63.1. The van der Waals surface area contributed by atoms with Gasteiger partial charge in [0.1, 0.15) is 11.5 Å². The van der Waals surface area contributed by atoms with E-state index < -0.39 is 0 Å². The zero-order valence-corrected chi connectivity index (χ0v) is 27.3. The van der Waals surface area contributed by atoms with Gasteiger partial charge in [-0.2, -0.15) is 0 Å². The number of nitrogens with zero attached hydrogens (tertiary/aromatic N) is 1. The van der Waals surface area contributed by atoms with Gasteiger partial charge in [0.05, 0.1) is 0 Å². The molecule has 2 nitrogen and oxygen atoms in total. The lowest BCUT2D eigenvalue weighted by molar-refractivity contribution is 0.487. The quantitative estimate of drug-likeness (QED) is 0.185. The second-order valence-electron chi connectivity index (χ2n) is 12.5. The van der Waals surface area contributed by atoms with E-state index >= 15 is 0 Å². The van der Waals surface area contributed by atoms with Gasteiger partial charge < -0.3 is 9.64 Å². The van der Waals surface area contributed by atoms with Gasteiger partial charge in [0.2, 0.25) is 0 Å². The van der Waals surface area contributed by atoms with Crippen LogP contribution in [0.3, 0.4) is 0 Å². The summed E-state index contributed by atoms with van der Waals surface area (Å²) in [4.78, 5) is 2.34. The van der Waals surface area contributed by atoms with Crippen molar-refractivity contribution in [1.29, 1.82) is 0 Å². The molecule has 0 atom stereocenters. The molecule has 230 valence electrons. The summed E-state index contributed by atoms with van der Waals surface area (Å²) in [5, 5.41) is 4.97. The number of benzene rings is 8. The van der Waals surface area contributed by atoms with Crippen molar-refractivity contribution in [2.24, 2.45) is 0 Å². The van der Waals surface area contributed by atoms with E-state index in [-0.39, 0.29) is 0 Å². The van der Waals surface area contributed by atoms with Crippen LogP contribution in [-0.2, 0) is 0 Å². The number of hydrogen-bond acceptors (Lipinski definition) is 3. The maximum absolute atomic E-state index is 6.63. The molecule has 10 rings (SSSR count). The van der Waals surface area contributed by atoms with Crippen molar-refractivity contribution in [1.82, 2.24) is 0 Å². The first-order chi connectivity index (χ1) is 24.3. The maximum Gasteiger partial charge on any atom is 0.135 e. The minimum atomic E-state index is 0.885. The Kier molecular flexibility index (Phi) is 6.39. The van der Waals surface area contributed by atoms with Gasteiger partial charge in [-0.3, -0.25) is 0 Å². The average molecular weight is 644 g/mol. The normalized spacial score (nSPS) is 11.8. The number of rotatable bonds is 5. The standard InChI is InChI=1S/C46H29NOS/c1-3-10-31(11-4-1)36-25-26-42-46-39(36)15-9-16-40(46)37-24-20-32(28-43(37)48-42)30-18-21-34(22-19-30)47(33-12-5-2-6-13-33)35-23-27-45-41(29-35)38-14-7-8-17-44(38)49-45/h1-29H. The highest BCUT2D eigenvalue weighted by Gasteiger charge is 2.22. The molecule has 2 heterocycles. The Morgan fingerprint density at radius 2 is 1.04 bits per heavy atom. The SMILES string of the molecule is c1ccc(-c2ccc3c4c(cccc24)-c2ccc(-c4ccc(N(c5ccccc5)c5ccc6sc7ccccc7c6c5)cc4)cc2O3)cc1. The van der Waals surface area contributed by atoms with Crippen LogP contribution >= 0.6 is 11.3 Å². The lowest BCUT2D eigenvalue weighted by atomic mass is 9.89. The highest BCUT2D eigenvalue weighted by Crippen LogP contribution is 2.49. The molecule has 1 aliphatic rings. The van der Waals surface area contributed by atoms with Crippen LogP contribution in [0.25, 0.3) is 64.3 Å². The molecule has 9 aromatic rings. The van der Waals surface area contributed by atoms with Gasteiger partial charge in [-0.25, -0.2) is 0 Å². The molecule has 0 aliphatic carbocycles. The third-order valence-corrected chi connectivity index (χ3v) is 10.8. The number of para-hydroxylation sites is 1. The summed E-state index contributed by atoms with van der Waals surface area (Å²) in [7, 11) is 0. The van der Waals surface area contributed by atoms with Crippen LogP contribution in [0.2, 0.25) is 0 Å². The van der Waals surface area contributed by atoms with Gasteiger partial charge >= 0.3 is 0 Å². The summed E-state index contributed by atoms with van der Waals surface area (Å²) in [6.07, 6.45) is 0. The molecule has 0 unspecified atom stereocenters. The Morgan fingerprint density at radius 1 is 0.367 bits per heavy atom. The Hall–Kier alpha value is -6.16. The van der Waals surface area contributed by atoms with E-state index in [0.29, 0.717) is 0 Å². The Labute approximate surface area is 288 Å². The van der Waals surface area contributed by atoms with E-state index in [1.165, 1.54) is 47.6 Å². The van der Waals surface area contributed by atoms with Gasteiger partial charge in [0, 0.05) is 48.2 Å². The van der Waals surface area contributed by atoms with Crippen LogP contribution < -0.4 is 9.64 Å². The monoisotopic (exact) mass is 643 g/mol. The number of ether oxygens (including phenoxy) is 1. The van der Waals surface area contributed by atoms with Gasteiger partial charge in [0.25, 0.3) is 0 Å². The van der Waals surface area contributed by atoms with E-state index in [1.807, 2.05) is 11.3 Å². The highest BCUT2D eigenvalue weighted by atomic mass is 32.1. The number of hydrogen-bond donors (Lipinski definition) is 0. The van der Waals surface area contributed by atoms with E-state index in [4.69, 9.17) is 4.74 Å². The first-order valence-corrected chi connectivity index (χ1v) is 17.4. The summed E-state index contributed by atoms with van der Waals surface area (Å²) in [6.45, 7) is 0. The second-order valence-corrected chi connectivity index (χ2v) is 13.6. The molecule has 0 spiro atoms. The first kappa shape index (κ1) is 27.9. The topological polar surface area (TPSA) is 12.5 Å². The van der Waals surface area contributed by atoms with Crippen LogP contribution in [0, 0.1) is 0 Å². The Bertz CT molecular complexity index is 2680. The van der Waals surface area contributed by atoms with Crippen molar-refractivity contribution in [3.05, 3.63) is 176 Å². The van der Waals surface area contributed by atoms with E-state index in [1.54, 1.807) is 0 Å².